The highest BCUT2D eigenvalue weighted by molar-refractivity contribution is 6.02. The zero-order valence-corrected chi connectivity index (χ0v) is 19.2. The van der Waals surface area contributed by atoms with Crippen LogP contribution >= 0.6 is 0 Å². The second kappa shape index (κ2) is 9.23. The maximum absolute atomic E-state index is 12.3. The number of ketones is 1. The number of nitrogens with one attached hydrogen (secondary N) is 1. The average molecular weight is 438 g/mol. The maximum Gasteiger partial charge on any atom is 0.222 e. The molecule has 0 spiro atoms. The van der Waals surface area contributed by atoms with E-state index in [1.165, 1.54) is 0 Å². The number of fused-ring (bicyclic) bond motifs is 1. The Morgan fingerprint density at radius 3 is 2.41 bits per heavy atom. The Morgan fingerprint density at radius 2 is 1.75 bits per heavy atom. The minimum absolute atomic E-state index is 0.0303. The van der Waals surface area contributed by atoms with Crippen LogP contribution in [0.3, 0.4) is 0 Å². The topological polar surface area (TPSA) is 73.9 Å². The molecule has 0 radical (unpaired) electrons. The number of hydrogen-bond donors (Lipinski definition) is 1. The van der Waals surface area contributed by atoms with Gasteiger partial charge in [-0.3, -0.25) is 9.59 Å². The molecule has 0 bridgehead atoms. The predicted octanol–water partition coefficient (Wildman–Crippen LogP) is 4.43. The molecular formula is C26H31NO5. The second-order valence-electron chi connectivity index (χ2n) is 8.85. The maximum atomic E-state index is 12.3. The molecule has 2 aliphatic carbocycles. The molecule has 2 aliphatic rings. The van der Waals surface area contributed by atoms with Crippen molar-refractivity contribution in [2.45, 2.75) is 45.6 Å². The van der Waals surface area contributed by atoms with Crippen LogP contribution in [0.5, 0.6) is 17.2 Å². The number of ether oxygens (including phenoxy) is 3. The summed E-state index contributed by atoms with van der Waals surface area (Å²) in [6, 6.07) is 9.57. The Labute approximate surface area is 189 Å². The number of methoxy groups -OCH3 is 2. The lowest BCUT2D eigenvalue weighted by Gasteiger charge is -2.23. The summed E-state index contributed by atoms with van der Waals surface area (Å²) in [5.41, 5.74) is 3.65. The van der Waals surface area contributed by atoms with Crippen molar-refractivity contribution in [2.75, 3.05) is 20.8 Å². The average Bonchev–Trinajstić information content (AvgIpc) is 3.58. The van der Waals surface area contributed by atoms with E-state index in [4.69, 9.17) is 14.2 Å². The molecule has 1 saturated carbocycles. The molecule has 0 aliphatic heterocycles. The van der Waals surface area contributed by atoms with Crippen LogP contribution in [0.15, 0.2) is 30.3 Å². The third-order valence-electron chi connectivity index (χ3n) is 6.32. The summed E-state index contributed by atoms with van der Waals surface area (Å²) < 4.78 is 17.6. The van der Waals surface area contributed by atoms with E-state index in [9.17, 15) is 9.59 Å². The van der Waals surface area contributed by atoms with Crippen molar-refractivity contribution < 1.29 is 23.8 Å². The molecule has 6 heteroatoms. The predicted molar refractivity (Wildman–Crippen MR) is 123 cm³/mol. The van der Waals surface area contributed by atoms with Crippen molar-refractivity contribution in [3.63, 3.8) is 0 Å². The zero-order chi connectivity index (χ0) is 22.8. The van der Waals surface area contributed by atoms with E-state index in [0.29, 0.717) is 42.6 Å². The highest BCUT2D eigenvalue weighted by atomic mass is 16.5. The number of carbonyl (C=O) groups excluding carboxylic acids is 2. The standard InChI is InChI=1S/C26H31NO5/c1-15(2)26(29)27-21(16-8-9-16)14-32-24-20(11-13-23(30-3)25(24)31-4)17-6-5-7-19-18(17)10-12-22(19)28/h5-7,11,13,15-16,21H,8-10,12,14H2,1-4H3,(H,27,29). The van der Waals surface area contributed by atoms with Gasteiger partial charge in [-0.05, 0) is 48.4 Å². The lowest BCUT2D eigenvalue weighted by Crippen LogP contribution is -2.42. The Hall–Kier alpha value is -3.02. The number of benzene rings is 2. The van der Waals surface area contributed by atoms with E-state index < -0.39 is 0 Å². The van der Waals surface area contributed by atoms with Gasteiger partial charge in [-0.15, -0.1) is 0 Å². The fourth-order valence-corrected chi connectivity index (χ4v) is 4.31. The van der Waals surface area contributed by atoms with E-state index in [1.54, 1.807) is 14.2 Å². The van der Waals surface area contributed by atoms with Crippen molar-refractivity contribution >= 4 is 11.7 Å². The van der Waals surface area contributed by atoms with Gasteiger partial charge < -0.3 is 19.5 Å². The van der Waals surface area contributed by atoms with Crippen LogP contribution in [0, 0.1) is 11.8 Å². The number of amides is 1. The Morgan fingerprint density at radius 1 is 1.00 bits per heavy atom. The van der Waals surface area contributed by atoms with Gasteiger partial charge in [-0.25, -0.2) is 0 Å². The Bertz CT molecular complexity index is 1030. The number of Topliss-reactive ketones (excluding diaryl/α,β-unsaturated/α-hetero) is 1. The quantitative estimate of drug-likeness (QED) is 0.628. The molecule has 32 heavy (non-hydrogen) atoms. The minimum Gasteiger partial charge on any atom is -0.493 e. The van der Waals surface area contributed by atoms with E-state index in [-0.39, 0.29) is 23.7 Å². The second-order valence-corrected chi connectivity index (χ2v) is 8.85. The van der Waals surface area contributed by atoms with E-state index in [1.807, 2.05) is 44.2 Å². The van der Waals surface area contributed by atoms with Gasteiger partial charge in [0.05, 0.1) is 20.3 Å². The van der Waals surface area contributed by atoms with E-state index in [2.05, 4.69) is 5.32 Å². The number of hydrogen-bond acceptors (Lipinski definition) is 5. The number of carbonyl (C=O) groups is 2. The van der Waals surface area contributed by atoms with Crippen LogP contribution in [0.25, 0.3) is 11.1 Å². The molecule has 2 aromatic carbocycles. The Kier molecular flexibility index (Phi) is 6.40. The monoisotopic (exact) mass is 437 g/mol. The normalized spacial score (nSPS) is 16.0. The van der Waals surface area contributed by atoms with Crippen molar-refractivity contribution in [3.8, 4) is 28.4 Å². The SMILES string of the molecule is COc1ccc(-c2cccc3c2CCC3=O)c(OCC(NC(=O)C(C)C)C2CC2)c1OC. The van der Waals surface area contributed by atoms with Crippen LogP contribution in [-0.2, 0) is 11.2 Å². The van der Waals surface area contributed by atoms with Crippen molar-refractivity contribution in [1.82, 2.24) is 5.32 Å². The van der Waals surface area contributed by atoms with Gasteiger partial charge in [-0.1, -0.05) is 32.0 Å². The molecule has 170 valence electrons. The lowest BCUT2D eigenvalue weighted by atomic mass is 9.95. The third-order valence-corrected chi connectivity index (χ3v) is 6.32. The summed E-state index contributed by atoms with van der Waals surface area (Å²) in [6.45, 7) is 4.12. The molecule has 6 nitrogen and oxygen atoms in total. The van der Waals surface area contributed by atoms with Crippen molar-refractivity contribution in [2.24, 2.45) is 11.8 Å². The first kappa shape index (κ1) is 22.2. The Balaban J connectivity index is 1.71. The van der Waals surface area contributed by atoms with Crippen LogP contribution in [0.2, 0.25) is 0 Å². The first-order chi connectivity index (χ1) is 15.4. The van der Waals surface area contributed by atoms with Gasteiger partial charge in [0.15, 0.2) is 17.3 Å². The zero-order valence-electron chi connectivity index (χ0n) is 19.2. The van der Waals surface area contributed by atoms with Crippen LogP contribution in [0.1, 0.15) is 49.0 Å². The summed E-state index contributed by atoms with van der Waals surface area (Å²) in [5.74, 6) is 2.21. The van der Waals surface area contributed by atoms with Gasteiger partial charge in [0.25, 0.3) is 0 Å². The van der Waals surface area contributed by atoms with Crippen LogP contribution in [-0.4, -0.2) is 38.6 Å². The number of rotatable bonds is 9. The van der Waals surface area contributed by atoms with Crippen LogP contribution in [0.4, 0.5) is 0 Å². The summed E-state index contributed by atoms with van der Waals surface area (Å²) in [7, 11) is 3.18. The molecule has 1 atom stereocenters. The van der Waals surface area contributed by atoms with Crippen molar-refractivity contribution in [3.05, 3.63) is 41.5 Å². The highest BCUT2D eigenvalue weighted by Crippen LogP contribution is 2.47. The molecule has 1 fully saturated rings. The largest absolute Gasteiger partial charge is 0.493 e. The molecule has 0 heterocycles. The summed E-state index contributed by atoms with van der Waals surface area (Å²) in [5, 5.41) is 3.14. The van der Waals surface area contributed by atoms with Gasteiger partial charge in [0.1, 0.15) is 6.61 Å². The summed E-state index contributed by atoms with van der Waals surface area (Å²) in [4.78, 5) is 24.6. The van der Waals surface area contributed by atoms with Gasteiger partial charge in [0, 0.05) is 23.5 Å². The first-order valence-electron chi connectivity index (χ1n) is 11.3. The molecule has 0 aromatic heterocycles. The molecule has 1 unspecified atom stereocenters. The molecular weight excluding hydrogens is 406 g/mol. The lowest BCUT2D eigenvalue weighted by molar-refractivity contribution is -0.125. The van der Waals surface area contributed by atoms with Gasteiger partial charge >= 0.3 is 0 Å². The first-order valence-corrected chi connectivity index (χ1v) is 11.3. The molecule has 4 rings (SSSR count). The fraction of sp³-hybridized carbons (Fsp3) is 0.462. The molecule has 1 N–H and O–H groups in total. The van der Waals surface area contributed by atoms with E-state index >= 15 is 0 Å². The summed E-state index contributed by atoms with van der Waals surface area (Å²) in [6.07, 6.45) is 3.42. The molecule has 0 saturated heterocycles. The fourth-order valence-electron chi connectivity index (χ4n) is 4.31. The summed E-state index contributed by atoms with van der Waals surface area (Å²) >= 11 is 0. The van der Waals surface area contributed by atoms with Gasteiger partial charge in [-0.2, -0.15) is 0 Å². The third kappa shape index (κ3) is 4.31. The molecule has 2 aromatic rings. The van der Waals surface area contributed by atoms with E-state index in [0.717, 1.165) is 35.1 Å². The smallest absolute Gasteiger partial charge is 0.222 e. The molecule has 1 amide bonds. The minimum atomic E-state index is -0.0809. The van der Waals surface area contributed by atoms with Crippen LogP contribution < -0.4 is 19.5 Å². The highest BCUT2D eigenvalue weighted by Gasteiger charge is 2.34. The van der Waals surface area contributed by atoms with Gasteiger partial charge in [0.2, 0.25) is 11.7 Å². The van der Waals surface area contributed by atoms with Crippen molar-refractivity contribution in [1.29, 1.82) is 0 Å².